The van der Waals surface area contributed by atoms with Crippen LogP contribution in [0.15, 0.2) is 42.5 Å². The van der Waals surface area contributed by atoms with Crippen LogP contribution in [0.5, 0.6) is 5.75 Å². The lowest BCUT2D eigenvalue weighted by atomic mass is 10.1. The van der Waals surface area contributed by atoms with Gasteiger partial charge in [-0.1, -0.05) is 12.1 Å². The highest BCUT2D eigenvalue weighted by molar-refractivity contribution is 5.82. The van der Waals surface area contributed by atoms with E-state index in [4.69, 9.17) is 4.74 Å². The van der Waals surface area contributed by atoms with Crippen molar-refractivity contribution in [2.24, 2.45) is 0 Å². The molecule has 104 valence electrons. The summed E-state index contributed by atoms with van der Waals surface area (Å²) in [5.41, 5.74) is 1.20. The second-order valence-corrected chi connectivity index (χ2v) is 4.54. The lowest BCUT2D eigenvalue weighted by Crippen LogP contribution is -2.13. The number of Topliss-reactive ketones (excluding diaryl/α,β-unsaturated/α-hetero) is 1. The van der Waals surface area contributed by atoms with Crippen LogP contribution < -0.4 is 4.74 Å². The molecule has 0 atom stereocenters. The molecule has 0 aromatic heterocycles. The minimum Gasteiger partial charge on any atom is -0.486 e. The first-order valence-corrected chi connectivity index (χ1v) is 6.19. The Kier molecular flexibility index (Phi) is 4.45. The van der Waals surface area contributed by atoms with Crippen LogP contribution in [0.25, 0.3) is 0 Å². The van der Waals surface area contributed by atoms with Crippen molar-refractivity contribution in [3.05, 3.63) is 65.2 Å². The number of halogens is 2. The summed E-state index contributed by atoms with van der Waals surface area (Å²) in [4.78, 5) is 11.7. The number of rotatable bonds is 5. The predicted octanol–water partition coefficient (Wildman–Crippen LogP) is 3.46. The lowest BCUT2D eigenvalue weighted by molar-refractivity contribution is -0.120. The van der Waals surface area contributed by atoms with Crippen LogP contribution in [0.2, 0.25) is 0 Å². The number of ether oxygens (including phenoxy) is 1. The molecule has 0 fully saturated rings. The Morgan fingerprint density at radius 1 is 1.10 bits per heavy atom. The molecule has 2 nitrogen and oxygen atoms in total. The van der Waals surface area contributed by atoms with Crippen molar-refractivity contribution in [3.63, 3.8) is 0 Å². The van der Waals surface area contributed by atoms with E-state index in [2.05, 4.69) is 0 Å². The normalized spacial score (nSPS) is 10.3. The highest BCUT2D eigenvalue weighted by Gasteiger charge is 2.06. The van der Waals surface area contributed by atoms with Crippen molar-refractivity contribution < 1.29 is 18.3 Å². The SMILES string of the molecule is Cc1cc(OCC(=O)Cc2ccc(F)cc2)ccc1F. The van der Waals surface area contributed by atoms with Gasteiger partial charge in [-0.3, -0.25) is 4.79 Å². The van der Waals surface area contributed by atoms with Crippen molar-refractivity contribution >= 4 is 5.78 Å². The zero-order chi connectivity index (χ0) is 14.5. The lowest BCUT2D eigenvalue weighted by Gasteiger charge is -2.07. The number of hydrogen-bond donors (Lipinski definition) is 0. The van der Waals surface area contributed by atoms with E-state index in [0.29, 0.717) is 11.3 Å². The summed E-state index contributed by atoms with van der Waals surface area (Å²) in [5, 5.41) is 0. The molecule has 0 saturated heterocycles. The zero-order valence-electron chi connectivity index (χ0n) is 11.0. The van der Waals surface area contributed by atoms with E-state index in [1.807, 2.05) is 0 Å². The third-order valence-electron chi connectivity index (χ3n) is 2.84. The van der Waals surface area contributed by atoms with Gasteiger partial charge in [-0.05, 0) is 48.4 Å². The minimum absolute atomic E-state index is 0.0948. The Labute approximate surface area is 116 Å². The van der Waals surface area contributed by atoms with Crippen LogP contribution >= 0.6 is 0 Å². The van der Waals surface area contributed by atoms with Crippen LogP contribution in [-0.4, -0.2) is 12.4 Å². The van der Waals surface area contributed by atoms with E-state index < -0.39 is 0 Å². The summed E-state index contributed by atoms with van der Waals surface area (Å²) in [5.74, 6) is -0.316. The molecule has 20 heavy (non-hydrogen) atoms. The molecular weight excluding hydrogens is 262 g/mol. The number of carbonyl (C=O) groups excluding carboxylic acids is 1. The molecule has 0 radical (unpaired) electrons. The summed E-state index contributed by atoms with van der Waals surface area (Å²) >= 11 is 0. The molecule has 2 aromatic rings. The monoisotopic (exact) mass is 276 g/mol. The maximum atomic E-state index is 13.1. The zero-order valence-corrected chi connectivity index (χ0v) is 11.0. The standard InChI is InChI=1S/C16H14F2O2/c1-11-8-15(6-7-16(11)18)20-10-14(19)9-12-2-4-13(17)5-3-12/h2-8H,9-10H2,1H3. The molecule has 0 aliphatic carbocycles. The van der Waals surface area contributed by atoms with Gasteiger partial charge in [0.2, 0.25) is 0 Å². The van der Waals surface area contributed by atoms with Gasteiger partial charge in [0.05, 0.1) is 0 Å². The Balaban J connectivity index is 1.88. The quantitative estimate of drug-likeness (QED) is 0.836. The fraction of sp³-hybridized carbons (Fsp3) is 0.188. The van der Waals surface area contributed by atoms with E-state index in [1.54, 1.807) is 25.1 Å². The molecule has 4 heteroatoms. The molecule has 0 aliphatic rings. The number of benzene rings is 2. The van der Waals surface area contributed by atoms with Gasteiger partial charge in [-0.25, -0.2) is 8.78 Å². The van der Waals surface area contributed by atoms with E-state index in [9.17, 15) is 13.6 Å². The summed E-state index contributed by atoms with van der Waals surface area (Å²) < 4.78 is 31.1. The first-order chi connectivity index (χ1) is 9.54. The van der Waals surface area contributed by atoms with Crippen molar-refractivity contribution in [3.8, 4) is 5.75 Å². The van der Waals surface area contributed by atoms with Gasteiger partial charge >= 0.3 is 0 Å². The highest BCUT2D eigenvalue weighted by Crippen LogP contribution is 2.16. The molecule has 0 unspecified atom stereocenters. The number of aryl methyl sites for hydroxylation is 1. The molecule has 0 amide bonds. The minimum atomic E-state index is -0.334. The number of ketones is 1. The van der Waals surface area contributed by atoms with E-state index in [0.717, 1.165) is 5.56 Å². The fourth-order valence-corrected chi connectivity index (χ4v) is 1.75. The highest BCUT2D eigenvalue weighted by atomic mass is 19.1. The first kappa shape index (κ1) is 14.2. The largest absolute Gasteiger partial charge is 0.486 e. The second kappa shape index (κ2) is 6.28. The van der Waals surface area contributed by atoms with Gasteiger partial charge in [0.15, 0.2) is 5.78 Å². The number of hydrogen-bond acceptors (Lipinski definition) is 2. The summed E-state index contributed by atoms with van der Waals surface area (Å²) in [6.45, 7) is 1.53. The molecule has 2 aromatic carbocycles. The third kappa shape index (κ3) is 3.88. The molecular formula is C16H14F2O2. The van der Waals surface area contributed by atoms with Gasteiger partial charge in [-0.2, -0.15) is 0 Å². The van der Waals surface area contributed by atoms with E-state index >= 15 is 0 Å². The van der Waals surface area contributed by atoms with Gasteiger partial charge in [0.25, 0.3) is 0 Å². The fourth-order valence-electron chi connectivity index (χ4n) is 1.75. The Hall–Kier alpha value is -2.23. The third-order valence-corrected chi connectivity index (χ3v) is 2.84. The van der Waals surface area contributed by atoms with Crippen molar-refractivity contribution in [1.82, 2.24) is 0 Å². The average molecular weight is 276 g/mol. The molecule has 0 N–H and O–H groups in total. The van der Waals surface area contributed by atoms with Crippen LogP contribution in [0.1, 0.15) is 11.1 Å². The van der Waals surface area contributed by atoms with Crippen LogP contribution in [-0.2, 0) is 11.2 Å². The molecule has 0 bridgehead atoms. The average Bonchev–Trinajstić information content (AvgIpc) is 2.43. The van der Waals surface area contributed by atoms with Crippen LogP contribution in [0.3, 0.4) is 0 Å². The second-order valence-electron chi connectivity index (χ2n) is 4.54. The predicted molar refractivity (Wildman–Crippen MR) is 71.7 cm³/mol. The van der Waals surface area contributed by atoms with Crippen molar-refractivity contribution in [2.45, 2.75) is 13.3 Å². The van der Waals surface area contributed by atoms with Crippen molar-refractivity contribution in [2.75, 3.05) is 6.61 Å². The maximum Gasteiger partial charge on any atom is 0.174 e. The van der Waals surface area contributed by atoms with Gasteiger partial charge in [0.1, 0.15) is 24.0 Å². The molecule has 0 spiro atoms. The Morgan fingerprint density at radius 2 is 1.80 bits per heavy atom. The Bertz CT molecular complexity index is 606. The van der Waals surface area contributed by atoms with E-state index in [1.165, 1.54) is 24.3 Å². The maximum absolute atomic E-state index is 13.1. The van der Waals surface area contributed by atoms with Gasteiger partial charge in [-0.15, -0.1) is 0 Å². The molecule has 0 saturated carbocycles. The topological polar surface area (TPSA) is 26.3 Å². The van der Waals surface area contributed by atoms with E-state index in [-0.39, 0.29) is 30.4 Å². The smallest absolute Gasteiger partial charge is 0.174 e. The number of carbonyl (C=O) groups is 1. The summed E-state index contributed by atoms with van der Waals surface area (Å²) in [7, 11) is 0. The summed E-state index contributed by atoms with van der Waals surface area (Å²) in [6, 6.07) is 10.1. The first-order valence-electron chi connectivity index (χ1n) is 6.19. The van der Waals surface area contributed by atoms with Crippen molar-refractivity contribution in [1.29, 1.82) is 0 Å². The molecule has 0 heterocycles. The summed E-state index contributed by atoms with van der Waals surface area (Å²) in [6.07, 6.45) is 0.181. The van der Waals surface area contributed by atoms with Crippen LogP contribution in [0.4, 0.5) is 8.78 Å². The van der Waals surface area contributed by atoms with Crippen LogP contribution in [0, 0.1) is 18.6 Å². The van der Waals surface area contributed by atoms with Gasteiger partial charge in [0, 0.05) is 6.42 Å². The van der Waals surface area contributed by atoms with Gasteiger partial charge < -0.3 is 4.74 Å². The Morgan fingerprint density at radius 3 is 2.45 bits per heavy atom. The molecule has 2 rings (SSSR count). The molecule has 0 aliphatic heterocycles.